The Kier molecular flexibility index (Phi) is 4.28. The van der Waals surface area contributed by atoms with Gasteiger partial charge < -0.3 is 14.8 Å². The number of benzene rings is 1. The highest BCUT2D eigenvalue weighted by Crippen LogP contribution is 2.36. The van der Waals surface area contributed by atoms with Gasteiger partial charge in [-0.25, -0.2) is 4.79 Å². The first-order valence-corrected chi connectivity index (χ1v) is 5.32. The highest BCUT2D eigenvalue weighted by Gasteiger charge is 2.58. The van der Waals surface area contributed by atoms with Crippen LogP contribution in [-0.4, -0.2) is 31.9 Å². The fourth-order valence-electron chi connectivity index (χ4n) is 1.46. The van der Waals surface area contributed by atoms with Gasteiger partial charge in [0.05, 0.1) is 19.9 Å². The molecule has 7 heteroatoms. The van der Waals surface area contributed by atoms with Crippen LogP contribution in [0.2, 0.25) is 0 Å². The maximum atomic E-state index is 13.1. The van der Waals surface area contributed by atoms with Gasteiger partial charge in [0.15, 0.2) is 0 Å². The average Bonchev–Trinajstić information content (AvgIpc) is 2.36. The Morgan fingerprint density at radius 1 is 1.21 bits per heavy atom. The van der Waals surface area contributed by atoms with Crippen LogP contribution in [0, 0.1) is 0 Å². The van der Waals surface area contributed by atoms with Gasteiger partial charge in [-0.3, -0.25) is 0 Å². The first kappa shape index (κ1) is 15.1. The number of hydrogen-bond acceptors (Lipinski definition) is 4. The number of carbonyl (C=O) groups excluding carboxylic acids is 1. The van der Waals surface area contributed by atoms with E-state index in [1.165, 1.54) is 25.3 Å². The Morgan fingerprint density at radius 3 is 2.26 bits per heavy atom. The number of carbonyl (C=O) groups is 1. The molecule has 0 saturated heterocycles. The van der Waals surface area contributed by atoms with Crippen LogP contribution in [0.3, 0.4) is 0 Å². The predicted molar refractivity (Wildman–Crippen MR) is 63.1 cm³/mol. The number of halogens is 3. The smallest absolute Gasteiger partial charge is 0.422 e. The number of nitrogens with one attached hydrogen (secondary N) is 1. The Bertz CT molecular complexity index is 462. The van der Waals surface area contributed by atoms with E-state index in [9.17, 15) is 18.0 Å². The molecule has 1 rings (SSSR count). The molecule has 4 nitrogen and oxygen atoms in total. The van der Waals surface area contributed by atoms with Crippen LogP contribution >= 0.6 is 0 Å². The van der Waals surface area contributed by atoms with E-state index in [1.54, 1.807) is 6.07 Å². The third-order valence-corrected chi connectivity index (χ3v) is 2.65. The molecule has 0 spiro atoms. The van der Waals surface area contributed by atoms with Crippen molar-refractivity contribution in [2.24, 2.45) is 0 Å². The molecule has 0 aromatic heterocycles. The molecule has 0 fully saturated rings. The van der Waals surface area contributed by atoms with Gasteiger partial charge >= 0.3 is 12.1 Å². The maximum absolute atomic E-state index is 13.1. The fraction of sp³-hybridized carbons (Fsp3) is 0.417. The molecule has 0 aliphatic carbocycles. The second-order valence-corrected chi connectivity index (χ2v) is 3.94. The van der Waals surface area contributed by atoms with E-state index >= 15 is 0 Å². The zero-order chi connectivity index (χ0) is 14.7. The quantitative estimate of drug-likeness (QED) is 0.859. The lowest BCUT2D eigenvalue weighted by atomic mass is 10.0. The second-order valence-electron chi connectivity index (χ2n) is 3.94. The molecule has 106 valence electrons. The van der Waals surface area contributed by atoms with Gasteiger partial charge in [0.1, 0.15) is 5.75 Å². The second kappa shape index (κ2) is 5.38. The number of alkyl halides is 3. The molecule has 0 saturated carbocycles. The van der Waals surface area contributed by atoms with E-state index in [2.05, 4.69) is 10.1 Å². The van der Waals surface area contributed by atoms with E-state index in [0.29, 0.717) is 6.92 Å². The Balaban J connectivity index is 3.19. The van der Waals surface area contributed by atoms with E-state index in [0.717, 1.165) is 7.11 Å². The molecule has 1 unspecified atom stereocenters. The molecule has 1 aromatic carbocycles. The van der Waals surface area contributed by atoms with E-state index in [1.807, 2.05) is 0 Å². The lowest BCUT2D eigenvalue weighted by Crippen LogP contribution is -2.56. The van der Waals surface area contributed by atoms with Crippen molar-refractivity contribution in [3.8, 4) is 5.75 Å². The highest BCUT2D eigenvalue weighted by atomic mass is 19.4. The van der Waals surface area contributed by atoms with Crippen molar-refractivity contribution < 1.29 is 27.4 Å². The van der Waals surface area contributed by atoms with E-state index in [-0.39, 0.29) is 11.4 Å². The number of rotatable bonds is 4. The zero-order valence-corrected chi connectivity index (χ0v) is 10.7. The summed E-state index contributed by atoms with van der Waals surface area (Å²) in [6.07, 6.45) is -4.82. The molecule has 0 radical (unpaired) electrons. The van der Waals surface area contributed by atoms with Crippen molar-refractivity contribution in [2.45, 2.75) is 18.6 Å². The monoisotopic (exact) mass is 277 g/mol. The van der Waals surface area contributed by atoms with Gasteiger partial charge in [-0.2, -0.15) is 13.2 Å². The minimum atomic E-state index is -4.82. The van der Waals surface area contributed by atoms with Gasteiger partial charge in [-0.1, -0.05) is 12.1 Å². The van der Waals surface area contributed by atoms with Crippen molar-refractivity contribution >= 4 is 11.7 Å². The molecular formula is C12H14F3NO3. The van der Waals surface area contributed by atoms with Gasteiger partial charge in [-0.15, -0.1) is 0 Å². The van der Waals surface area contributed by atoms with E-state index in [4.69, 9.17) is 4.74 Å². The number of esters is 1. The summed E-state index contributed by atoms with van der Waals surface area (Å²) in [4.78, 5) is 11.4. The zero-order valence-electron chi connectivity index (χ0n) is 10.7. The molecule has 0 aliphatic heterocycles. The molecule has 0 bridgehead atoms. The first-order chi connectivity index (χ1) is 8.76. The van der Waals surface area contributed by atoms with Crippen molar-refractivity contribution in [1.29, 1.82) is 0 Å². The summed E-state index contributed by atoms with van der Waals surface area (Å²) in [6.45, 7) is 0.714. The summed E-state index contributed by atoms with van der Waals surface area (Å²) in [6, 6.07) is 5.99. The minimum absolute atomic E-state index is 0.0511. The van der Waals surface area contributed by atoms with E-state index < -0.39 is 17.7 Å². The third-order valence-electron chi connectivity index (χ3n) is 2.65. The van der Waals surface area contributed by atoms with Crippen LogP contribution in [0.15, 0.2) is 24.3 Å². The van der Waals surface area contributed by atoms with Gasteiger partial charge in [0.25, 0.3) is 0 Å². The Hall–Kier alpha value is -1.92. The SMILES string of the molecule is COC(=O)C(C)(Nc1ccccc1OC)C(F)(F)F. The van der Waals surface area contributed by atoms with Crippen LogP contribution < -0.4 is 10.1 Å². The number of methoxy groups -OCH3 is 2. The number of anilines is 1. The molecule has 19 heavy (non-hydrogen) atoms. The summed E-state index contributed by atoms with van der Waals surface area (Å²) in [5, 5.41) is 2.14. The molecular weight excluding hydrogens is 263 g/mol. The predicted octanol–water partition coefficient (Wildman–Crippen LogP) is 2.60. The Morgan fingerprint density at radius 2 is 1.79 bits per heavy atom. The van der Waals surface area contributed by atoms with Crippen molar-refractivity contribution in [2.75, 3.05) is 19.5 Å². The average molecular weight is 277 g/mol. The molecule has 1 aromatic rings. The maximum Gasteiger partial charge on any atom is 0.422 e. The molecule has 0 heterocycles. The number of hydrogen-bond donors (Lipinski definition) is 1. The molecule has 1 atom stereocenters. The van der Waals surface area contributed by atoms with Crippen molar-refractivity contribution in [3.63, 3.8) is 0 Å². The topological polar surface area (TPSA) is 47.6 Å². The highest BCUT2D eigenvalue weighted by molar-refractivity contribution is 5.85. The van der Waals surface area contributed by atoms with Gasteiger partial charge in [0.2, 0.25) is 5.54 Å². The molecule has 0 amide bonds. The largest absolute Gasteiger partial charge is 0.495 e. The summed E-state index contributed by atoms with van der Waals surface area (Å²) in [7, 11) is 2.22. The van der Waals surface area contributed by atoms with Crippen LogP contribution in [0.25, 0.3) is 0 Å². The van der Waals surface area contributed by atoms with Gasteiger partial charge in [0, 0.05) is 0 Å². The summed E-state index contributed by atoms with van der Waals surface area (Å²) >= 11 is 0. The fourth-order valence-corrected chi connectivity index (χ4v) is 1.46. The summed E-state index contributed by atoms with van der Waals surface area (Å²) in [5.74, 6) is -1.23. The third kappa shape index (κ3) is 2.91. The molecule has 0 aliphatic rings. The number of para-hydroxylation sites is 2. The van der Waals surface area contributed by atoms with Gasteiger partial charge in [-0.05, 0) is 19.1 Å². The van der Waals surface area contributed by atoms with Crippen LogP contribution in [0.1, 0.15) is 6.92 Å². The number of ether oxygens (including phenoxy) is 2. The standard InChI is InChI=1S/C12H14F3NO3/c1-11(10(17)19-3,12(13,14)15)16-8-6-4-5-7-9(8)18-2/h4-7,16H,1-3H3. The minimum Gasteiger partial charge on any atom is -0.495 e. The summed E-state index contributed by atoms with van der Waals surface area (Å²) in [5.41, 5.74) is -2.80. The Labute approximate surface area is 108 Å². The van der Waals surface area contributed by atoms with Crippen LogP contribution in [0.5, 0.6) is 5.75 Å². The lowest BCUT2D eigenvalue weighted by Gasteiger charge is -2.31. The summed E-state index contributed by atoms with van der Waals surface area (Å²) < 4.78 is 48.3. The molecule has 1 N–H and O–H groups in total. The normalized spacial score (nSPS) is 14.4. The van der Waals surface area contributed by atoms with Crippen LogP contribution in [0.4, 0.5) is 18.9 Å². The van der Waals surface area contributed by atoms with Crippen molar-refractivity contribution in [3.05, 3.63) is 24.3 Å². The lowest BCUT2D eigenvalue weighted by molar-refractivity contribution is -0.195. The van der Waals surface area contributed by atoms with Crippen molar-refractivity contribution in [1.82, 2.24) is 0 Å². The van der Waals surface area contributed by atoms with Crippen LogP contribution in [-0.2, 0) is 9.53 Å². The first-order valence-electron chi connectivity index (χ1n) is 5.32.